The molecule has 0 atom stereocenters. The molecule has 0 aromatic carbocycles. The van der Waals surface area contributed by atoms with Crippen molar-refractivity contribution in [1.29, 1.82) is 0 Å². The Kier molecular flexibility index (Phi) is 1.71. The molecule has 1 rings (SSSR count). The average Bonchev–Trinajstić information content (AvgIpc) is 2.16. The maximum Gasteiger partial charge on any atom is 0.420 e. The molecule has 3 nitrogen and oxygen atoms in total. The third kappa shape index (κ3) is 1.42. The predicted octanol–water partition coefficient (Wildman–Crippen LogP) is 0.771. The Morgan fingerprint density at radius 2 is 1.89 bits per heavy atom. The Hall–Kier alpha value is -0.570. The van der Waals surface area contributed by atoms with Gasteiger partial charge >= 0.3 is 6.47 Å². The summed E-state index contributed by atoms with van der Waals surface area (Å²) >= 11 is 0. The van der Waals surface area contributed by atoms with Gasteiger partial charge in [-0.2, -0.15) is 5.11 Å². The highest BCUT2D eigenvalue weighted by molar-refractivity contribution is 5.39. The van der Waals surface area contributed by atoms with Crippen molar-refractivity contribution < 1.29 is 14.6 Å². The minimum atomic E-state index is -1.43. The summed E-state index contributed by atoms with van der Waals surface area (Å²) in [5.41, 5.74) is 0. The van der Waals surface area contributed by atoms with E-state index in [4.69, 9.17) is 0 Å². The van der Waals surface area contributed by atoms with Crippen LogP contribution in [0.1, 0.15) is 25.7 Å². The summed E-state index contributed by atoms with van der Waals surface area (Å²) in [4.78, 5) is 9.62. The van der Waals surface area contributed by atoms with Gasteiger partial charge in [-0.3, -0.25) is 0 Å². The summed E-state index contributed by atoms with van der Waals surface area (Å²) in [6.07, 6.45) is 2.63. The summed E-state index contributed by atoms with van der Waals surface area (Å²) in [5.74, 6) is -1.43. The smallest absolute Gasteiger partial charge is 0.420 e. The first-order chi connectivity index (χ1) is 4.27. The van der Waals surface area contributed by atoms with Gasteiger partial charge in [0.25, 0.3) is 0 Å². The van der Waals surface area contributed by atoms with E-state index >= 15 is 0 Å². The van der Waals surface area contributed by atoms with Crippen LogP contribution in [0, 0.1) is 0 Å². The Morgan fingerprint density at radius 1 is 1.33 bits per heavy atom. The Bertz CT molecular complexity index is 105. The highest BCUT2D eigenvalue weighted by atomic mass is 16.6. The van der Waals surface area contributed by atoms with Crippen LogP contribution in [0.5, 0.6) is 0 Å². The molecule has 1 aliphatic rings. The number of ether oxygens (including phenoxy) is 1. The lowest BCUT2D eigenvalue weighted by Crippen LogP contribution is -2.25. The van der Waals surface area contributed by atoms with E-state index in [1.54, 1.807) is 0 Å². The van der Waals surface area contributed by atoms with Crippen LogP contribution in [0.25, 0.3) is 0 Å². The van der Waals surface area contributed by atoms with Gasteiger partial charge in [0.1, 0.15) is 0 Å². The van der Waals surface area contributed by atoms with Crippen molar-refractivity contribution in [3.63, 3.8) is 0 Å². The fourth-order valence-corrected chi connectivity index (χ4v) is 1.09. The maximum absolute atomic E-state index is 11.0. The molecule has 3 heteroatoms. The topological polar surface area (TPSA) is 46.2 Å². The molecule has 0 bridgehead atoms. The van der Waals surface area contributed by atoms with Crippen LogP contribution in [0.2, 0.25) is 0 Å². The largest absolute Gasteiger partial charge is 0.422 e. The third-order valence-corrected chi connectivity index (χ3v) is 1.59. The highest BCUT2D eigenvalue weighted by Gasteiger charge is 2.35. The Labute approximate surface area is 53.6 Å². The summed E-state index contributed by atoms with van der Waals surface area (Å²) < 4.78 is 4.23. The van der Waals surface area contributed by atoms with Gasteiger partial charge in [-0.25, -0.2) is 4.79 Å². The minimum absolute atomic E-state index is 0.447. The zero-order valence-electron chi connectivity index (χ0n) is 5.05. The van der Waals surface area contributed by atoms with Crippen molar-refractivity contribution in [2.45, 2.75) is 31.5 Å². The van der Waals surface area contributed by atoms with Crippen molar-refractivity contribution in [2.75, 3.05) is 0 Å². The quantitative estimate of drug-likeness (QED) is 0.515. The number of hydrogen-bond donors (Lipinski definition) is 0. The summed E-state index contributed by atoms with van der Waals surface area (Å²) in [6.45, 7) is 1.19. The van der Waals surface area contributed by atoms with Gasteiger partial charge in [0.15, 0.2) is 0 Å². The second-order valence-electron chi connectivity index (χ2n) is 2.30. The number of rotatable bonds is 2. The SMILES string of the molecule is [O]C1(O[C]=O)CCCC1. The molecule has 0 unspecified atom stereocenters. The van der Waals surface area contributed by atoms with Gasteiger partial charge in [0, 0.05) is 12.8 Å². The monoisotopic (exact) mass is 128 g/mol. The average molecular weight is 128 g/mol. The molecule has 0 amide bonds. The molecule has 0 heterocycles. The van der Waals surface area contributed by atoms with E-state index < -0.39 is 5.79 Å². The van der Waals surface area contributed by atoms with Crippen molar-refractivity contribution in [3.05, 3.63) is 0 Å². The minimum Gasteiger partial charge on any atom is -0.422 e. The molecule has 0 saturated heterocycles. The molecule has 0 aromatic heterocycles. The first-order valence-electron chi connectivity index (χ1n) is 3.02. The molecular weight excluding hydrogens is 120 g/mol. The van der Waals surface area contributed by atoms with E-state index in [0.717, 1.165) is 12.8 Å². The summed E-state index contributed by atoms with van der Waals surface area (Å²) in [5, 5.41) is 11.0. The predicted molar refractivity (Wildman–Crippen MR) is 28.7 cm³/mol. The van der Waals surface area contributed by atoms with Gasteiger partial charge in [-0.1, -0.05) is 0 Å². The summed E-state index contributed by atoms with van der Waals surface area (Å²) in [6, 6.07) is 0. The lowest BCUT2D eigenvalue weighted by atomic mass is 10.2. The van der Waals surface area contributed by atoms with Crippen molar-refractivity contribution >= 4 is 6.47 Å². The highest BCUT2D eigenvalue weighted by Crippen LogP contribution is 2.30. The first-order valence-corrected chi connectivity index (χ1v) is 3.02. The van der Waals surface area contributed by atoms with E-state index in [1.165, 1.54) is 6.47 Å². The van der Waals surface area contributed by atoms with Crippen LogP contribution in [-0.2, 0) is 14.6 Å². The maximum atomic E-state index is 11.0. The lowest BCUT2D eigenvalue weighted by Gasteiger charge is -2.14. The van der Waals surface area contributed by atoms with Crippen LogP contribution < -0.4 is 0 Å². The van der Waals surface area contributed by atoms with Crippen LogP contribution >= 0.6 is 0 Å². The normalized spacial score (nSPS) is 23.7. The molecule has 50 valence electrons. The van der Waals surface area contributed by atoms with Crippen LogP contribution in [0.4, 0.5) is 0 Å². The second-order valence-corrected chi connectivity index (χ2v) is 2.30. The van der Waals surface area contributed by atoms with Crippen LogP contribution in [0.15, 0.2) is 0 Å². The molecule has 0 N–H and O–H groups in total. The van der Waals surface area contributed by atoms with E-state index in [1.807, 2.05) is 0 Å². The van der Waals surface area contributed by atoms with Crippen molar-refractivity contribution in [2.24, 2.45) is 0 Å². The molecule has 0 aliphatic heterocycles. The fraction of sp³-hybridized carbons (Fsp3) is 0.833. The zero-order valence-corrected chi connectivity index (χ0v) is 5.05. The molecule has 9 heavy (non-hydrogen) atoms. The van der Waals surface area contributed by atoms with E-state index in [-0.39, 0.29) is 0 Å². The van der Waals surface area contributed by atoms with Crippen LogP contribution in [0.3, 0.4) is 0 Å². The van der Waals surface area contributed by atoms with Crippen LogP contribution in [-0.4, -0.2) is 12.3 Å². The summed E-state index contributed by atoms with van der Waals surface area (Å²) in [7, 11) is 0. The van der Waals surface area contributed by atoms with Crippen molar-refractivity contribution in [3.8, 4) is 0 Å². The number of carbonyl (C=O) groups excluding carboxylic acids is 1. The molecular formula is C6H8O3. The Balaban J connectivity index is 2.40. The third-order valence-electron chi connectivity index (χ3n) is 1.59. The molecule has 1 fully saturated rings. The molecule has 0 spiro atoms. The standard InChI is InChI=1S/C6H8O3/c7-5-9-6(8)3-1-2-4-6/h1-4H2. The molecule has 1 saturated carbocycles. The molecule has 1 aliphatic carbocycles. The van der Waals surface area contributed by atoms with Gasteiger partial charge in [0.2, 0.25) is 5.79 Å². The fourth-order valence-electron chi connectivity index (χ4n) is 1.09. The first kappa shape index (κ1) is 6.55. The van der Waals surface area contributed by atoms with E-state index in [0.29, 0.717) is 12.8 Å². The van der Waals surface area contributed by atoms with E-state index in [9.17, 15) is 9.90 Å². The second kappa shape index (κ2) is 2.35. The van der Waals surface area contributed by atoms with Gasteiger partial charge < -0.3 is 4.74 Å². The molecule has 0 aromatic rings. The van der Waals surface area contributed by atoms with Gasteiger partial charge in [-0.05, 0) is 12.8 Å². The van der Waals surface area contributed by atoms with E-state index in [2.05, 4.69) is 4.74 Å². The van der Waals surface area contributed by atoms with Gasteiger partial charge in [-0.15, -0.1) is 0 Å². The Morgan fingerprint density at radius 3 is 2.33 bits per heavy atom. The van der Waals surface area contributed by atoms with Crippen molar-refractivity contribution in [1.82, 2.24) is 0 Å². The molecule has 2 radical (unpaired) electrons. The lowest BCUT2D eigenvalue weighted by molar-refractivity contribution is -0.186. The van der Waals surface area contributed by atoms with Gasteiger partial charge in [0.05, 0.1) is 0 Å². The number of hydrogen-bond acceptors (Lipinski definition) is 2. The zero-order chi connectivity index (χ0) is 6.74.